The van der Waals surface area contributed by atoms with Crippen molar-refractivity contribution >= 4 is 5.78 Å². The van der Waals surface area contributed by atoms with Crippen LogP contribution in [-0.4, -0.2) is 12.9 Å². The van der Waals surface area contributed by atoms with Crippen molar-refractivity contribution in [2.24, 2.45) is 0 Å². The highest BCUT2D eigenvalue weighted by Gasteiger charge is 2.11. The summed E-state index contributed by atoms with van der Waals surface area (Å²) in [5.41, 5.74) is 3.12. The number of aryl methyl sites for hydroxylation is 2. The standard InChI is InChI=1S/C17H18O2/c1-13-7-3-4-8-14(13)11-12-16(18)15-9-5-6-10-17(15)19-2/h3-10H,11-12H2,1-2H3. The Morgan fingerprint density at radius 2 is 1.74 bits per heavy atom. The molecule has 2 aromatic carbocycles. The van der Waals surface area contributed by atoms with Crippen LogP contribution in [0, 0.1) is 6.92 Å². The second kappa shape index (κ2) is 6.19. The lowest BCUT2D eigenvalue weighted by Gasteiger charge is -2.08. The fourth-order valence-corrected chi connectivity index (χ4v) is 2.15. The molecule has 0 aliphatic rings. The highest BCUT2D eigenvalue weighted by atomic mass is 16.5. The average molecular weight is 254 g/mol. The Balaban J connectivity index is 2.08. The van der Waals surface area contributed by atoms with E-state index in [1.165, 1.54) is 11.1 Å². The van der Waals surface area contributed by atoms with Crippen LogP contribution in [0.2, 0.25) is 0 Å². The minimum atomic E-state index is 0.126. The summed E-state index contributed by atoms with van der Waals surface area (Å²) in [4.78, 5) is 12.2. The Morgan fingerprint density at radius 1 is 1.05 bits per heavy atom. The van der Waals surface area contributed by atoms with Gasteiger partial charge in [0.2, 0.25) is 0 Å². The van der Waals surface area contributed by atoms with Gasteiger partial charge in [-0.05, 0) is 36.6 Å². The van der Waals surface area contributed by atoms with Gasteiger partial charge in [0.05, 0.1) is 12.7 Å². The fraction of sp³-hybridized carbons (Fsp3) is 0.235. The van der Waals surface area contributed by atoms with E-state index in [0.717, 1.165) is 6.42 Å². The van der Waals surface area contributed by atoms with E-state index in [1.807, 2.05) is 36.4 Å². The summed E-state index contributed by atoms with van der Waals surface area (Å²) in [6, 6.07) is 15.5. The van der Waals surface area contributed by atoms with Gasteiger partial charge in [-0.1, -0.05) is 36.4 Å². The van der Waals surface area contributed by atoms with Crippen LogP contribution in [0.15, 0.2) is 48.5 Å². The van der Waals surface area contributed by atoms with Crippen LogP contribution in [0.1, 0.15) is 27.9 Å². The van der Waals surface area contributed by atoms with Gasteiger partial charge in [0.15, 0.2) is 5.78 Å². The molecular formula is C17H18O2. The van der Waals surface area contributed by atoms with Gasteiger partial charge in [0.25, 0.3) is 0 Å². The number of para-hydroxylation sites is 1. The molecule has 0 aromatic heterocycles. The molecule has 98 valence electrons. The first-order valence-electron chi connectivity index (χ1n) is 6.43. The lowest BCUT2D eigenvalue weighted by molar-refractivity contribution is 0.0980. The number of carbonyl (C=O) groups is 1. The molecule has 0 radical (unpaired) electrons. The van der Waals surface area contributed by atoms with Crippen molar-refractivity contribution in [1.82, 2.24) is 0 Å². The first kappa shape index (κ1) is 13.3. The van der Waals surface area contributed by atoms with Gasteiger partial charge < -0.3 is 4.74 Å². The third-order valence-electron chi connectivity index (χ3n) is 3.29. The first-order valence-corrected chi connectivity index (χ1v) is 6.43. The van der Waals surface area contributed by atoms with Gasteiger partial charge in [-0.3, -0.25) is 4.79 Å². The van der Waals surface area contributed by atoms with E-state index in [-0.39, 0.29) is 5.78 Å². The van der Waals surface area contributed by atoms with Crippen molar-refractivity contribution in [1.29, 1.82) is 0 Å². The third-order valence-corrected chi connectivity index (χ3v) is 3.29. The van der Waals surface area contributed by atoms with Gasteiger partial charge in [-0.15, -0.1) is 0 Å². The molecule has 0 atom stereocenters. The van der Waals surface area contributed by atoms with Gasteiger partial charge >= 0.3 is 0 Å². The Kier molecular flexibility index (Phi) is 4.35. The van der Waals surface area contributed by atoms with Crippen LogP contribution in [0.3, 0.4) is 0 Å². The Labute approximate surface area is 114 Å². The second-order valence-corrected chi connectivity index (χ2v) is 4.55. The first-order chi connectivity index (χ1) is 9.22. The number of rotatable bonds is 5. The van der Waals surface area contributed by atoms with Crippen molar-refractivity contribution < 1.29 is 9.53 Å². The van der Waals surface area contributed by atoms with Crippen LogP contribution >= 0.6 is 0 Å². The van der Waals surface area contributed by atoms with E-state index in [2.05, 4.69) is 19.1 Å². The molecule has 2 nitrogen and oxygen atoms in total. The van der Waals surface area contributed by atoms with E-state index in [9.17, 15) is 4.79 Å². The van der Waals surface area contributed by atoms with Crippen LogP contribution in [0.25, 0.3) is 0 Å². The minimum Gasteiger partial charge on any atom is -0.496 e. The molecule has 2 aromatic rings. The van der Waals surface area contributed by atoms with Crippen molar-refractivity contribution in [2.45, 2.75) is 19.8 Å². The maximum absolute atomic E-state index is 12.2. The predicted molar refractivity (Wildman–Crippen MR) is 76.8 cm³/mol. The number of benzene rings is 2. The average Bonchev–Trinajstić information content (AvgIpc) is 2.46. The van der Waals surface area contributed by atoms with Gasteiger partial charge in [0, 0.05) is 6.42 Å². The van der Waals surface area contributed by atoms with Gasteiger partial charge in [-0.25, -0.2) is 0 Å². The SMILES string of the molecule is COc1ccccc1C(=O)CCc1ccccc1C. The summed E-state index contributed by atoms with van der Waals surface area (Å²) in [6.07, 6.45) is 1.27. The fourth-order valence-electron chi connectivity index (χ4n) is 2.15. The molecule has 0 spiro atoms. The molecule has 0 unspecified atom stereocenters. The molecule has 0 amide bonds. The molecule has 0 aliphatic heterocycles. The maximum Gasteiger partial charge on any atom is 0.166 e. The third kappa shape index (κ3) is 3.22. The van der Waals surface area contributed by atoms with Crippen LogP contribution < -0.4 is 4.74 Å². The second-order valence-electron chi connectivity index (χ2n) is 4.55. The molecule has 0 saturated heterocycles. The summed E-state index contributed by atoms with van der Waals surface area (Å²) in [5.74, 6) is 0.776. The largest absolute Gasteiger partial charge is 0.496 e. The lowest BCUT2D eigenvalue weighted by Crippen LogP contribution is -2.04. The van der Waals surface area contributed by atoms with E-state index >= 15 is 0 Å². The zero-order valence-electron chi connectivity index (χ0n) is 11.3. The molecule has 0 aliphatic carbocycles. The Morgan fingerprint density at radius 3 is 2.47 bits per heavy atom. The lowest BCUT2D eigenvalue weighted by atomic mass is 9.99. The van der Waals surface area contributed by atoms with Crippen molar-refractivity contribution in [3.8, 4) is 5.75 Å². The number of ether oxygens (including phenoxy) is 1. The molecule has 0 heterocycles. The van der Waals surface area contributed by atoms with E-state index in [0.29, 0.717) is 17.7 Å². The number of methoxy groups -OCH3 is 1. The van der Waals surface area contributed by atoms with E-state index in [1.54, 1.807) is 7.11 Å². The number of hydrogen-bond acceptors (Lipinski definition) is 2. The van der Waals surface area contributed by atoms with Gasteiger partial charge in [0.1, 0.15) is 5.75 Å². The molecule has 0 saturated carbocycles. The van der Waals surface area contributed by atoms with Gasteiger partial charge in [-0.2, -0.15) is 0 Å². The van der Waals surface area contributed by atoms with Crippen molar-refractivity contribution in [3.05, 3.63) is 65.2 Å². The molecule has 0 N–H and O–H groups in total. The molecule has 0 bridgehead atoms. The molecular weight excluding hydrogens is 236 g/mol. The number of ketones is 1. The molecule has 2 rings (SSSR count). The smallest absolute Gasteiger partial charge is 0.166 e. The monoisotopic (exact) mass is 254 g/mol. The summed E-state index contributed by atoms with van der Waals surface area (Å²) in [5, 5.41) is 0. The Hall–Kier alpha value is -2.09. The maximum atomic E-state index is 12.2. The van der Waals surface area contributed by atoms with Crippen LogP contribution in [0.4, 0.5) is 0 Å². The molecule has 0 fully saturated rings. The normalized spacial score (nSPS) is 10.2. The van der Waals surface area contributed by atoms with E-state index in [4.69, 9.17) is 4.74 Å². The van der Waals surface area contributed by atoms with Crippen molar-refractivity contribution in [3.63, 3.8) is 0 Å². The zero-order valence-corrected chi connectivity index (χ0v) is 11.3. The summed E-state index contributed by atoms with van der Waals surface area (Å²) in [7, 11) is 1.59. The highest BCUT2D eigenvalue weighted by molar-refractivity contribution is 5.98. The topological polar surface area (TPSA) is 26.3 Å². The van der Waals surface area contributed by atoms with Crippen LogP contribution in [-0.2, 0) is 6.42 Å². The van der Waals surface area contributed by atoms with Crippen molar-refractivity contribution in [2.75, 3.05) is 7.11 Å². The highest BCUT2D eigenvalue weighted by Crippen LogP contribution is 2.20. The summed E-state index contributed by atoms with van der Waals surface area (Å²) >= 11 is 0. The quantitative estimate of drug-likeness (QED) is 0.758. The zero-order chi connectivity index (χ0) is 13.7. The predicted octanol–water partition coefficient (Wildman–Crippen LogP) is 3.82. The van der Waals surface area contributed by atoms with Crippen LogP contribution in [0.5, 0.6) is 5.75 Å². The number of Topliss-reactive ketones (excluding diaryl/α,β-unsaturated/α-hetero) is 1. The number of hydrogen-bond donors (Lipinski definition) is 0. The summed E-state index contributed by atoms with van der Waals surface area (Å²) < 4.78 is 5.22. The molecule has 19 heavy (non-hydrogen) atoms. The number of carbonyl (C=O) groups excluding carboxylic acids is 1. The minimum absolute atomic E-state index is 0.126. The summed E-state index contributed by atoms with van der Waals surface area (Å²) in [6.45, 7) is 2.07. The van der Waals surface area contributed by atoms with E-state index < -0.39 is 0 Å². The molecule has 2 heteroatoms. The Bertz CT molecular complexity index is 573.